The van der Waals surface area contributed by atoms with Crippen molar-refractivity contribution in [1.29, 1.82) is 0 Å². The standard InChI is InChI=1S/C16H22N4O3/c17-8-13-2-4-15(5-3-13)23-10-14-9-20(19-18-14)11-16(21)6-1-7-22-12-16/h2-5,9,21H,1,6-8,10-12,17H2. The molecule has 2 heterocycles. The zero-order chi connectivity index (χ0) is 16.1. The molecule has 7 nitrogen and oxygen atoms in total. The zero-order valence-electron chi connectivity index (χ0n) is 13.0. The summed E-state index contributed by atoms with van der Waals surface area (Å²) in [5.41, 5.74) is 6.48. The molecule has 0 radical (unpaired) electrons. The summed E-state index contributed by atoms with van der Waals surface area (Å²) in [4.78, 5) is 0. The van der Waals surface area contributed by atoms with E-state index >= 15 is 0 Å². The van der Waals surface area contributed by atoms with Crippen LogP contribution in [0.3, 0.4) is 0 Å². The van der Waals surface area contributed by atoms with E-state index in [0.29, 0.717) is 45.0 Å². The molecule has 0 bridgehead atoms. The predicted octanol–water partition coefficient (Wildman–Crippen LogP) is 0.857. The second-order valence-electron chi connectivity index (χ2n) is 5.92. The largest absolute Gasteiger partial charge is 0.487 e. The van der Waals surface area contributed by atoms with Gasteiger partial charge in [-0.2, -0.15) is 0 Å². The molecular formula is C16H22N4O3. The molecule has 3 N–H and O–H groups in total. The van der Waals surface area contributed by atoms with Gasteiger partial charge < -0.3 is 20.3 Å². The van der Waals surface area contributed by atoms with E-state index in [2.05, 4.69) is 10.3 Å². The molecule has 1 aromatic carbocycles. The van der Waals surface area contributed by atoms with Gasteiger partial charge in [0, 0.05) is 13.2 Å². The van der Waals surface area contributed by atoms with Gasteiger partial charge in [0.15, 0.2) is 0 Å². The van der Waals surface area contributed by atoms with Crippen molar-refractivity contribution in [2.45, 2.75) is 38.1 Å². The Balaban J connectivity index is 1.54. The van der Waals surface area contributed by atoms with Gasteiger partial charge in [-0.15, -0.1) is 5.10 Å². The molecule has 7 heteroatoms. The predicted molar refractivity (Wildman–Crippen MR) is 83.7 cm³/mol. The van der Waals surface area contributed by atoms with E-state index in [9.17, 15) is 5.11 Å². The van der Waals surface area contributed by atoms with E-state index in [1.165, 1.54) is 0 Å². The summed E-state index contributed by atoms with van der Waals surface area (Å²) in [6.07, 6.45) is 3.37. The van der Waals surface area contributed by atoms with Gasteiger partial charge in [-0.25, -0.2) is 4.68 Å². The first kappa shape index (κ1) is 15.9. The van der Waals surface area contributed by atoms with Crippen molar-refractivity contribution in [3.63, 3.8) is 0 Å². The third kappa shape index (κ3) is 4.28. The molecule has 1 aliphatic heterocycles. The maximum Gasteiger partial charge on any atom is 0.134 e. The second-order valence-corrected chi connectivity index (χ2v) is 5.92. The van der Waals surface area contributed by atoms with Crippen LogP contribution in [0.25, 0.3) is 0 Å². The average molecular weight is 318 g/mol. The number of ether oxygens (including phenoxy) is 2. The van der Waals surface area contributed by atoms with Gasteiger partial charge in [-0.05, 0) is 30.5 Å². The van der Waals surface area contributed by atoms with Crippen LogP contribution in [0.5, 0.6) is 5.75 Å². The SMILES string of the molecule is NCc1ccc(OCc2cn(CC3(O)CCCOC3)nn2)cc1. The Hall–Kier alpha value is -1.96. The molecule has 23 heavy (non-hydrogen) atoms. The van der Waals surface area contributed by atoms with E-state index < -0.39 is 5.60 Å². The lowest BCUT2D eigenvalue weighted by molar-refractivity contribution is -0.0960. The summed E-state index contributed by atoms with van der Waals surface area (Å²) in [7, 11) is 0. The highest BCUT2D eigenvalue weighted by molar-refractivity contribution is 5.27. The smallest absolute Gasteiger partial charge is 0.134 e. The summed E-state index contributed by atoms with van der Waals surface area (Å²) < 4.78 is 12.7. The molecule has 0 saturated carbocycles. The van der Waals surface area contributed by atoms with Crippen LogP contribution in [0.15, 0.2) is 30.5 Å². The Morgan fingerprint density at radius 1 is 1.35 bits per heavy atom. The van der Waals surface area contributed by atoms with Crippen molar-refractivity contribution < 1.29 is 14.6 Å². The number of benzene rings is 1. The molecule has 124 valence electrons. The number of nitrogens with two attached hydrogens (primary N) is 1. The van der Waals surface area contributed by atoms with Crippen LogP contribution in [0.2, 0.25) is 0 Å². The number of aliphatic hydroxyl groups is 1. The number of hydrogen-bond acceptors (Lipinski definition) is 6. The van der Waals surface area contributed by atoms with Crippen molar-refractivity contribution in [3.05, 3.63) is 41.7 Å². The molecule has 1 unspecified atom stereocenters. The highest BCUT2D eigenvalue weighted by Crippen LogP contribution is 2.21. The second kappa shape index (κ2) is 7.08. The third-order valence-corrected chi connectivity index (χ3v) is 3.89. The molecule has 0 amide bonds. The number of hydrogen-bond donors (Lipinski definition) is 2. The third-order valence-electron chi connectivity index (χ3n) is 3.89. The fourth-order valence-electron chi connectivity index (χ4n) is 2.62. The summed E-state index contributed by atoms with van der Waals surface area (Å²) in [5.74, 6) is 0.760. The van der Waals surface area contributed by atoms with Gasteiger partial charge in [0.25, 0.3) is 0 Å². The summed E-state index contributed by atoms with van der Waals surface area (Å²) in [5, 5.41) is 18.6. The fourth-order valence-corrected chi connectivity index (χ4v) is 2.62. The van der Waals surface area contributed by atoms with E-state index in [0.717, 1.165) is 17.7 Å². The molecule has 1 aliphatic rings. The van der Waals surface area contributed by atoms with Gasteiger partial charge in [0.2, 0.25) is 0 Å². The number of aromatic nitrogens is 3. The van der Waals surface area contributed by atoms with Gasteiger partial charge in [-0.1, -0.05) is 17.3 Å². The van der Waals surface area contributed by atoms with Crippen molar-refractivity contribution in [2.24, 2.45) is 5.73 Å². The first-order valence-electron chi connectivity index (χ1n) is 7.78. The fraction of sp³-hybridized carbons (Fsp3) is 0.500. The Morgan fingerprint density at radius 3 is 2.87 bits per heavy atom. The zero-order valence-corrected chi connectivity index (χ0v) is 13.0. The maximum absolute atomic E-state index is 10.4. The highest BCUT2D eigenvalue weighted by Gasteiger charge is 2.31. The van der Waals surface area contributed by atoms with Crippen LogP contribution < -0.4 is 10.5 Å². The van der Waals surface area contributed by atoms with Crippen LogP contribution in [0.1, 0.15) is 24.1 Å². The number of rotatable bonds is 6. The van der Waals surface area contributed by atoms with E-state index in [1.54, 1.807) is 10.9 Å². The Morgan fingerprint density at radius 2 is 2.17 bits per heavy atom. The minimum absolute atomic E-state index is 0.330. The summed E-state index contributed by atoms with van der Waals surface area (Å²) >= 11 is 0. The summed E-state index contributed by atoms with van der Waals surface area (Å²) in [6.45, 7) is 2.28. The molecule has 1 fully saturated rings. The minimum Gasteiger partial charge on any atom is -0.487 e. The minimum atomic E-state index is -0.859. The normalized spacial score (nSPS) is 21.3. The van der Waals surface area contributed by atoms with Gasteiger partial charge in [0.05, 0.1) is 19.3 Å². The van der Waals surface area contributed by atoms with Crippen LogP contribution in [0.4, 0.5) is 0 Å². The Bertz CT molecular complexity index is 621. The van der Waals surface area contributed by atoms with E-state index in [1.807, 2.05) is 24.3 Å². The monoisotopic (exact) mass is 318 g/mol. The Kier molecular flexibility index (Phi) is 4.90. The van der Waals surface area contributed by atoms with Gasteiger partial charge >= 0.3 is 0 Å². The Labute approximate surface area is 135 Å². The van der Waals surface area contributed by atoms with E-state index in [-0.39, 0.29) is 0 Å². The molecule has 1 saturated heterocycles. The topological polar surface area (TPSA) is 95.4 Å². The summed E-state index contributed by atoms with van der Waals surface area (Å²) in [6, 6.07) is 7.64. The van der Waals surface area contributed by atoms with Crippen molar-refractivity contribution in [2.75, 3.05) is 13.2 Å². The van der Waals surface area contributed by atoms with Gasteiger partial charge in [-0.3, -0.25) is 0 Å². The molecule has 2 aromatic rings. The quantitative estimate of drug-likeness (QED) is 0.820. The lowest BCUT2D eigenvalue weighted by atomic mass is 9.97. The molecule has 1 atom stereocenters. The van der Waals surface area contributed by atoms with Crippen LogP contribution >= 0.6 is 0 Å². The maximum atomic E-state index is 10.4. The first-order chi connectivity index (χ1) is 11.2. The molecule has 1 aromatic heterocycles. The molecular weight excluding hydrogens is 296 g/mol. The number of nitrogens with zero attached hydrogens (tertiary/aromatic N) is 3. The molecule has 3 rings (SSSR count). The van der Waals surface area contributed by atoms with Crippen molar-refractivity contribution in [3.8, 4) is 5.75 Å². The first-order valence-corrected chi connectivity index (χ1v) is 7.78. The van der Waals surface area contributed by atoms with E-state index in [4.69, 9.17) is 15.2 Å². The van der Waals surface area contributed by atoms with Gasteiger partial charge in [0.1, 0.15) is 23.7 Å². The van der Waals surface area contributed by atoms with Crippen molar-refractivity contribution in [1.82, 2.24) is 15.0 Å². The van der Waals surface area contributed by atoms with Crippen molar-refractivity contribution >= 4 is 0 Å². The van der Waals surface area contributed by atoms with Crippen LogP contribution in [0, 0.1) is 0 Å². The van der Waals surface area contributed by atoms with Crippen LogP contribution in [-0.2, 0) is 24.4 Å². The molecule has 0 spiro atoms. The van der Waals surface area contributed by atoms with Crippen LogP contribution in [-0.4, -0.2) is 38.9 Å². The highest BCUT2D eigenvalue weighted by atomic mass is 16.5. The molecule has 0 aliphatic carbocycles. The lowest BCUT2D eigenvalue weighted by Gasteiger charge is -2.31. The average Bonchev–Trinajstić information content (AvgIpc) is 3.01. The lowest BCUT2D eigenvalue weighted by Crippen LogP contribution is -2.42.